The van der Waals surface area contributed by atoms with Gasteiger partial charge in [-0.15, -0.1) is 0 Å². The lowest BCUT2D eigenvalue weighted by molar-refractivity contribution is -0.401. The van der Waals surface area contributed by atoms with Gasteiger partial charge in [-0.1, -0.05) is 66.2 Å². The quantitative estimate of drug-likeness (QED) is 0.358. The van der Waals surface area contributed by atoms with Crippen molar-refractivity contribution in [2.45, 2.75) is 38.5 Å². The van der Waals surface area contributed by atoms with Crippen molar-refractivity contribution < 1.29 is 4.58 Å². The van der Waals surface area contributed by atoms with E-state index in [4.69, 9.17) is 0 Å². The molecule has 2 aromatic rings. The molecule has 0 aliphatic carbocycles. The van der Waals surface area contributed by atoms with Crippen molar-refractivity contribution in [3.63, 3.8) is 0 Å². The highest BCUT2D eigenvalue weighted by molar-refractivity contribution is 9.11. The number of benzene rings is 2. The predicted molar refractivity (Wildman–Crippen MR) is 132 cm³/mol. The maximum absolute atomic E-state index is 3.76. The minimum atomic E-state index is -0.0110. The molecule has 2 aliphatic rings. The van der Waals surface area contributed by atoms with Gasteiger partial charge in [0.15, 0.2) is 5.71 Å². The van der Waals surface area contributed by atoms with Gasteiger partial charge in [0, 0.05) is 46.0 Å². The summed E-state index contributed by atoms with van der Waals surface area (Å²) in [5.41, 5.74) is 7.90. The van der Waals surface area contributed by atoms with Crippen LogP contribution in [0.3, 0.4) is 0 Å². The van der Waals surface area contributed by atoms with Crippen molar-refractivity contribution in [3.05, 3.63) is 94.1 Å². The summed E-state index contributed by atoms with van der Waals surface area (Å²) in [5.74, 6) is 0. The Balaban J connectivity index is 1.62. The van der Waals surface area contributed by atoms with Crippen LogP contribution in [0.15, 0.2) is 83.0 Å². The summed E-state index contributed by atoms with van der Waals surface area (Å²) >= 11 is 3.76. The summed E-state index contributed by atoms with van der Waals surface area (Å²) in [6, 6.07) is 17.3. The molecule has 0 saturated heterocycles. The van der Waals surface area contributed by atoms with Crippen LogP contribution in [-0.4, -0.2) is 24.4 Å². The number of nitrogens with zero attached hydrogens (tertiary/aromatic N) is 2. The molecule has 0 atom stereocenters. The minimum absolute atomic E-state index is 0.0110. The second-order valence-electron chi connectivity index (χ2n) is 9.22. The number of hydrogen-bond donors (Lipinski definition) is 0. The number of rotatable bonds is 3. The van der Waals surface area contributed by atoms with Gasteiger partial charge in [0.1, 0.15) is 7.05 Å². The van der Waals surface area contributed by atoms with Crippen LogP contribution in [0.1, 0.15) is 38.8 Å². The lowest BCUT2D eigenvalue weighted by Gasteiger charge is -2.23. The van der Waals surface area contributed by atoms with Crippen molar-refractivity contribution in [2.24, 2.45) is 0 Å². The zero-order valence-electron chi connectivity index (χ0n) is 18.7. The molecule has 0 amide bonds. The first kappa shape index (κ1) is 20.9. The average molecular weight is 462 g/mol. The van der Waals surface area contributed by atoms with Gasteiger partial charge in [0.25, 0.3) is 0 Å². The van der Waals surface area contributed by atoms with E-state index in [0.717, 1.165) is 4.48 Å². The first-order chi connectivity index (χ1) is 14.2. The standard InChI is InChI=1S/C27H30BrN2/c1-26(2)20-11-7-9-13-22(20)29(5)24(26)17-15-19(28)16-18-25-27(3,4)21-12-8-10-14-23(21)30(25)6/h7-18H,1-6H3/q+1. The van der Waals surface area contributed by atoms with Gasteiger partial charge < -0.3 is 4.90 Å². The highest BCUT2D eigenvalue weighted by atomic mass is 79.9. The summed E-state index contributed by atoms with van der Waals surface area (Å²) < 4.78 is 3.36. The highest BCUT2D eigenvalue weighted by Crippen LogP contribution is 2.46. The molecule has 0 bridgehead atoms. The molecule has 0 N–H and O–H groups in total. The van der Waals surface area contributed by atoms with E-state index in [-0.39, 0.29) is 10.8 Å². The number of likely N-dealkylation sites (N-methyl/N-ethyl adjacent to an activating group) is 1. The fourth-order valence-corrected chi connectivity index (χ4v) is 5.24. The number of hydrogen-bond acceptors (Lipinski definition) is 1. The van der Waals surface area contributed by atoms with E-state index in [2.05, 4.69) is 140 Å². The van der Waals surface area contributed by atoms with E-state index in [1.165, 1.54) is 33.9 Å². The molecule has 0 unspecified atom stereocenters. The van der Waals surface area contributed by atoms with Crippen LogP contribution in [0.2, 0.25) is 0 Å². The fraction of sp³-hybridized carbons (Fsp3) is 0.296. The van der Waals surface area contributed by atoms with Crippen molar-refractivity contribution in [3.8, 4) is 0 Å². The largest absolute Gasteiger partial charge is 0.347 e. The normalized spacial score (nSPS) is 21.0. The third-order valence-corrected chi connectivity index (χ3v) is 7.21. The van der Waals surface area contributed by atoms with Crippen molar-refractivity contribution in [2.75, 3.05) is 19.0 Å². The van der Waals surface area contributed by atoms with E-state index in [1.54, 1.807) is 0 Å². The number of anilines is 1. The van der Waals surface area contributed by atoms with Gasteiger partial charge >= 0.3 is 0 Å². The molecule has 30 heavy (non-hydrogen) atoms. The predicted octanol–water partition coefficient (Wildman–Crippen LogP) is 6.84. The first-order valence-corrected chi connectivity index (χ1v) is 11.2. The van der Waals surface area contributed by atoms with Crippen LogP contribution in [-0.2, 0) is 10.8 Å². The van der Waals surface area contributed by atoms with Gasteiger partial charge in [-0.25, -0.2) is 0 Å². The Bertz CT molecular complexity index is 1130. The van der Waals surface area contributed by atoms with Gasteiger partial charge in [-0.3, -0.25) is 0 Å². The van der Waals surface area contributed by atoms with E-state index in [9.17, 15) is 0 Å². The van der Waals surface area contributed by atoms with Crippen LogP contribution in [0.5, 0.6) is 0 Å². The molecule has 0 spiro atoms. The zero-order chi connectivity index (χ0) is 21.7. The van der Waals surface area contributed by atoms with E-state index < -0.39 is 0 Å². The smallest absolute Gasteiger partial charge is 0.209 e. The molecule has 4 rings (SSSR count). The number of para-hydroxylation sites is 2. The Labute approximate surface area is 189 Å². The second kappa shape index (κ2) is 7.39. The third-order valence-electron chi connectivity index (χ3n) is 6.68. The Hall–Kier alpha value is -2.39. The molecular weight excluding hydrogens is 432 g/mol. The molecule has 0 saturated carbocycles. The van der Waals surface area contributed by atoms with Crippen LogP contribution >= 0.6 is 15.9 Å². The van der Waals surface area contributed by atoms with E-state index in [0.29, 0.717) is 0 Å². The monoisotopic (exact) mass is 461 g/mol. The minimum Gasteiger partial charge on any atom is -0.347 e. The van der Waals surface area contributed by atoms with E-state index in [1.807, 2.05) is 0 Å². The third kappa shape index (κ3) is 3.20. The first-order valence-electron chi connectivity index (χ1n) is 10.5. The molecule has 2 nitrogen and oxygen atoms in total. The van der Waals surface area contributed by atoms with E-state index >= 15 is 0 Å². The molecule has 0 aromatic heterocycles. The van der Waals surface area contributed by atoms with Crippen molar-refractivity contribution >= 4 is 33.0 Å². The maximum Gasteiger partial charge on any atom is 0.209 e. The second-order valence-corrected chi connectivity index (χ2v) is 10.1. The Morgan fingerprint density at radius 2 is 1.57 bits per heavy atom. The summed E-state index contributed by atoms with van der Waals surface area (Å²) in [6.07, 6.45) is 8.78. The van der Waals surface area contributed by atoms with Gasteiger partial charge in [0.2, 0.25) is 5.69 Å². The zero-order valence-corrected chi connectivity index (χ0v) is 20.3. The SMILES string of the molecule is CN1\C(=C/C=C(Br)/C=C/C2=[N+](C)c3ccccc3C2(C)C)C(C)(C)c2ccccc21. The number of fused-ring (bicyclic) bond motifs is 2. The molecule has 3 heteroatoms. The summed E-state index contributed by atoms with van der Waals surface area (Å²) in [7, 11) is 4.31. The Kier molecular flexibility index (Phi) is 5.14. The summed E-state index contributed by atoms with van der Waals surface area (Å²) in [5, 5.41) is 0. The van der Waals surface area contributed by atoms with Crippen LogP contribution < -0.4 is 4.90 Å². The molecule has 2 aromatic carbocycles. The molecular formula is C27H30BrN2+. The molecule has 2 heterocycles. The number of allylic oxidation sites excluding steroid dienone is 6. The number of halogens is 1. The molecule has 0 fully saturated rings. The average Bonchev–Trinajstić information content (AvgIpc) is 3.04. The highest BCUT2D eigenvalue weighted by Gasteiger charge is 2.42. The van der Waals surface area contributed by atoms with Crippen LogP contribution in [0.25, 0.3) is 0 Å². The Morgan fingerprint density at radius 1 is 0.933 bits per heavy atom. The Morgan fingerprint density at radius 3 is 2.23 bits per heavy atom. The van der Waals surface area contributed by atoms with Gasteiger partial charge in [0.05, 0.1) is 5.41 Å². The van der Waals surface area contributed by atoms with Crippen LogP contribution in [0, 0.1) is 0 Å². The molecule has 2 aliphatic heterocycles. The van der Waals surface area contributed by atoms with Gasteiger partial charge in [-0.05, 0) is 43.7 Å². The fourth-order valence-electron chi connectivity index (χ4n) is 4.98. The molecule has 154 valence electrons. The lowest BCUT2D eigenvalue weighted by atomic mass is 9.81. The summed E-state index contributed by atoms with van der Waals surface area (Å²) in [4.78, 5) is 2.30. The van der Waals surface area contributed by atoms with Crippen LogP contribution in [0.4, 0.5) is 11.4 Å². The van der Waals surface area contributed by atoms with Crippen molar-refractivity contribution in [1.82, 2.24) is 0 Å². The topological polar surface area (TPSA) is 6.25 Å². The maximum atomic E-state index is 3.76. The van der Waals surface area contributed by atoms with Gasteiger partial charge in [-0.2, -0.15) is 4.58 Å². The molecule has 0 radical (unpaired) electrons. The summed E-state index contributed by atoms with van der Waals surface area (Å²) in [6.45, 7) is 9.17. The van der Waals surface area contributed by atoms with Crippen molar-refractivity contribution in [1.29, 1.82) is 0 Å². The lowest BCUT2D eigenvalue weighted by Crippen LogP contribution is -2.26.